The van der Waals surface area contributed by atoms with Gasteiger partial charge in [-0.3, -0.25) is 9.78 Å². The van der Waals surface area contributed by atoms with Crippen LogP contribution in [0.5, 0.6) is 5.75 Å². The molecule has 0 radical (unpaired) electrons. The molecular formula is C22H20N2O2. The van der Waals surface area contributed by atoms with Crippen LogP contribution in [0.3, 0.4) is 0 Å². The van der Waals surface area contributed by atoms with Gasteiger partial charge in [-0.15, -0.1) is 0 Å². The molecule has 1 unspecified atom stereocenters. The molecule has 2 heterocycles. The van der Waals surface area contributed by atoms with E-state index >= 15 is 0 Å². The molecule has 1 atom stereocenters. The van der Waals surface area contributed by atoms with Gasteiger partial charge >= 0.3 is 0 Å². The number of methoxy groups -OCH3 is 1. The van der Waals surface area contributed by atoms with Crippen molar-refractivity contribution in [1.82, 2.24) is 9.88 Å². The third kappa shape index (κ3) is 2.84. The highest BCUT2D eigenvalue weighted by Gasteiger charge is 2.33. The summed E-state index contributed by atoms with van der Waals surface area (Å²) in [5.74, 6) is 0.805. The van der Waals surface area contributed by atoms with E-state index in [0.717, 1.165) is 23.3 Å². The van der Waals surface area contributed by atoms with Crippen LogP contribution in [0, 0.1) is 0 Å². The standard InChI is InChI=1S/C22H20N2O2/c1-26-20-9-5-4-8-19(20)21-18-7-3-2-6-16(18)12-15-24(21)22(25)17-10-13-23-14-11-17/h2-11,13-14,21H,12,15H2,1H3. The highest BCUT2D eigenvalue weighted by Crippen LogP contribution is 2.39. The van der Waals surface area contributed by atoms with Gasteiger partial charge in [0, 0.05) is 30.1 Å². The van der Waals surface area contributed by atoms with Crippen LogP contribution < -0.4 is 4.74 Å². The average Bonchev–Trinajstić information content (AvgIpc) is 2.73. The summed E-state index contributed by atoms with van der Waals surface area (Å²) in [7, 11) is 1.67. The monoisotopic (exact) mass is 344 g/mol. The number of aromatic nitrogens is 1. The first-order valence-corrected chi connectivity index (χ1v) is 8.71. The average molecular weight is 344 g/mol. The summed E-state index contributed by atoms with van der Waals surface area (Å²) in [4.78, 5) is 19.2. The predicted octanol–water partition coefficient (Wildman–Crippen LogP) is 3.88. The second-order valence-electron chi connectivity index (χ2n) is 6.33. The lowest BCUT2D eigenvalue weighted by molar-refractivity contribution is 0.0692. The maximum absolute atomic E-state index is 13.3. The normalized spacial score (nSPS) is 16.0. The molecule has 3 aromatic rings. The summed E-state index contributed by atoms with van der Waals surface area (Å²) in [5, 5.41) is 0. The zero-order chi connectivity index (χ0) is 17.9. The van der Waals surface area contributed by atoms with Crippen molar-refractivity contribution in [3.8, 4) is 5.75 Å². The molecule has 1 aliphatic heterocycles. The van der Waals surface area contributed by atoms with Gasteiger partial charge in [0.25, 0.3) is 5.91 Å². The summed E-state index contributed by atoms with van der Waals surface area (Å²) in [5.41, 5.74) is 4.09. The summed E-state index contributed by atoms with van der Waals surface area (Å²) in [6.45, 7) is 0.668. The Morgan fingerprint density at radius 1 is 1.00 bits per heavy atom. The van der Waals surface area contributed by atoms with Crippen molar-refractivity contribution in [3.05, 3.63) is 95.3 Å². The number of carbonyl (C=O) groups excluding carboxylic acids is 1. The highest BCUT2D eigenvalue weighted by molar-refractivity contribution is 5.94. The van der Waals surface area contributed by atoms with Gasteiger partial charge in [-0.2, -0.15) is 0 Å². The molecule has 0 aliphatic carbocycles. The largest absolute Gasteiger partial charge is 0.496 e. The second-order valence-corrected chi connectivity index (χ2v) is 6.33. The van der Waals surface area contributed by atoms with Gasteiger partial charge in [-0.1, -0.05) is 42.5 Å². The first-order chi connectivity index (χ1) is 12.8. The third-order valence-corrected chi connectivity index (χ3v) is 4.91. The van der Waals surface area contributed by atoms with E-state index in [1.54, 1.807) is 31.6 Å². The van der Waals surface area contributed by atoms with Crippen molar-refractivity contribution in [2.75, 3.05) is 13.7 Å². The van der Waals surface area contributed by atoms with Crippen molar-refractivity contribution in [2.45, 2.75) is 12.5 Å². The Labute approximate surface area is 153 Å². The Bertz CT molecular complexity index is 924. The van der Waals surface area contributed by atoms with Crippen molar-refractivity contribution >= 4 is 5.91 Å². The Balaban J connectivity index is 1.85. The van der Waals surface area contributed by atoms with E-state index < -0.39 is 0 Å². The number of hydrogen-bond acceptors (Lipinski definition) is 3. The van der Waals surface area contributed by atoms with Crippen LogP contribution >= 0.6 is 0 Å². The van der Waals surface area contributed by atoms with E-state index in [1.165, 1.54) is 5.56 Å². The van der Waals surface area contributed by atoms with Crippen LogP contribution in [0.25, 0.3) is 0 Å². The van der Waals surface area contributed by atoms with Crippen molar-refractivity contribution in [1.29, 1.82) is 0 Å². The van der Waals surface area contributed by atoms with Crippen LogP contribution in [0.4, 0.5) is 0 Å². The van der Waals surface area contributed by atoms with Crippen molar-refractivity contribution in [3.63, 3.8) is 0 Å². The fourth-order valence-electron chi connectivity index (χ4n) is 3.67. The maximum Gasteiger partial charge on any atom is 0.254 e. The lowest BCUT2D eigenvalue weighted by atomic mass is 9.87. The van der Waals surface area contributed by atoms with Gasteiger partial charge in [0.1, 0.15) is 5.75 Å². The number of benzene rings is 2. The lowest BCUT2D eigenvalue weighted by Crippen LogP contribution is -2.40. The summed E-state index contributed by atoms with van der Waals surface area (Å²) >= 11 is 0. The molecule has 0 fully saturated rings. The van der Waals surface area contributed by atoms with Gasteiger partial charge in [0.05, 0.1) is 13.2 Å². The first kappa shape index (κ1) is 16.3. The molecule has 4 nitrogen and oxygen atoms in total. The lowest BCUT2D eigenvalue weighted by Gasteiger charge is -2.38. The third-order valence-electron chi connectivity index (χ3n) is 4.91. The van der Waals surface area contributed by atoms with E-state index in [2.05, 4.69) is 23.2 Å². The fourth-order valence-corrected chi connectivity index (χ4v) is 3.67. The molecule has 0 N–H and O–H groups in total. The zero-order valence-electron chi connectivity index (χ0n) is 14.6. The molecule has 0 spiro atoms. The number of nitrogens with zero attached hydrogens (tertiary/aromatic N) is 2. The predicted molar refractivity (Wildman–Crippen MR) is 100 cm³/mol. The first-order valence-electron chi connectivity index (χ1n) is 8.71. The molecule has 4 rings (SSSR count). The van der Waals surface area contributed by atoms with Crippen molar-refractivity contribution < 1.29 is 9.53 Å². The minimum absolute atomic E-state index is 0.0119. The summed E-state index contributed by atoms with van der Waals surface area (Å²) in [6, 6.07) is 19.6. The van der Waals surface area contributed by atoms with E-state index in [4.69, 9.17) is 4.74 Å². The smallest absolute Gasteiger partial charge is 0.254 e. The minimum Gasteiger partial charge on any atom is -0.496 e. The molecule has 0 bridgehead atoms. The molecule has 0 saturated carbocycles. The quantitative estimate of drug-likeness (QED) is 0.724. The van der Waals surface area contributed by atoms with Gasteiger partial charge in [-0.05, 0) is 35.7 Å². The van der Waals surface area contributed by atoms with Gasteiger partial charge in [0.15, 0.2) is 0 Å². The van der Waals surface area contributed by atoms with Crippen LogP contribution in [0.2, 0.25) is 0 Å². The van der Waals surface area contributed by atoms with Gasteiger partial charge in [-0.25, -0.2) is 0 Å². The number of hydrogen-bond donors (Lipinski definition) is 0. The molecule has 0 saturated heterocycles. The van der Waals surface area contributed by atoms with E-state index in [1.807, 2.05) is 35.2 Å². The SMILES string of the molecule is COc1ccccc1C1c2ccccc2CCN1C(=O)c1ccncc1. The number of amides is 1. The van der Waals surface area contributed by atoms with Crippen LogP contribution in [0.1, 0.15) is 33.1 Å². The van der Waals surface area contributed by atoms with Gasteiger partial charge in [0.2, 0.25) is 0 Å². The number of ether oxygens (including phenoxy) is 1. The van der Waals surface area contributed by atoms with E-state index in [-0.39, 0.29) is 11.9 Å². The molecule has 130 valence electrons. The summed E-state index contributed by atoms with van der Waals surface area (Å²) in [6.07, 6.45) is 4.16. The summed E-state index contributed by atoms with van der Waals surface area (Å²) < 4.78 is 5.60. The number of carbonyl (C=O) groups is 1. The minimum atomic E-state index is -0.170. The number of para-hydroxylation sites is 1. The molecule has 1 aliphatic rings. The number of rotatable bonds is 3. The number of fused-ring (bicyclic) bond motifs is 1. The molecule has 1 aromatic heterocycles. The van der Waals surface area contributed by atoms with Crippen LogP contribution in [0.15, 0.2) is 73.1 Å². The highest BCUT2D eigenvalue weighted by atomic mass is 16.5. The Morgan fingerprint density at radius 3 is 2.46 bits per heavy atom. The second kappa shape index (κ2) is 7.00. The Hall–Kier alpha value is -3.14. The molecule has 26 heavy (non-hydrogen) atoms. The van der Waals surface area contributed by atoms with E-state index in [0.29, 0.717) is 12.1 Å². The van der Waals surface area contributed by atoms with E-state index in [9.17, 15) is 4.79 Å². The van der Waals surface area contributed by atoms with Crippen molar-refractivity contribution in [2.24, 2.45) is 0 Å². The van der Waals surface area contributed by atoms with Crippen LogP contribution in [-0.4, -0.2) is 29.4 Å². The fraction of sp³-hybridized carbons (Fsp3) is 0.182. The van der Waals surface area contributed by atoms with Crippen LogP contribution in [-0.2, 0) is 6.42 Å². The molecule has 1 amide bonds. The topological polar surface area (TPSA) is 42.4 Å². The van der Waals surface area contributed by atoms with Gasteiger partial charge < -0.3 is 9.64 Å². The molecule has 2 aromatic carbocycles. The Kier molecular flexibility index (Phi) is 4.40. The molecule has 4 heteroatoms. The number of pyridine rings is 1. The maximum atomic E-state index is 13.3. The Morgan fingerprint density at radius 2 is 1.69 bits per heavy atom. The molecular weight excluding hydrogens is 324 g/mol. The zero-order valence-corrected chi connectivity index (χ0v) is 14.6.